The number of allylic oxidation sites excluding steroid dienone is 2. The second-order valence-electron chi connectivity index (χ2n) is 6.10. The molecule has 0 amide bonds. The van der Waals surface area contributed by atoms with Gasteiger partial charge in [0.2, 0.25) is 0 Å². The fraction of sp³-hybridized carbons (Fsp3) is 0.238. The number of halogens is 1. The summed E-state index contributed by atoms with van der Waals surface area (Å²) >= 11 is 0. The summed E-state index contributed by atoms with van der Waals surface area (Å²) < 4.78 is 19.6. The minimum Gasteiger partial charge on any atom is -0.455 e. The molecular weight excluding hydrogens is 301 g/mol. The Morgan fingerprint density at radius 3 is 2.88 bits per heavy atom. The van der Waals surface area contributed by atoms with Crippen LogP contribution < -0.4 is 10.1 Å². The molecule has 0 bridgehead atoms. The molecule has 1 aliphatic heterocycles. The highest BCUT2D eigenvalue weighted by atomic mass is 19.1. The van der Waals surface area contributed by atoms with Gasteiger partial charge in [0.25, 0.3) is 0 Å². The van der Waals surface area contributed by atoms with E-state index in [2.05, 4.69) is 23.2 Å². The van der Waals surface area contributed by atoms with Crippen molar-refractivity contribution in [3.05, 3.63) is 65.5 Å². The molecule has 1 heterocycles. The minimum absolute atomic E-state index is 0.230. The third-order valence-electron chi connectivity index (χ3n) is 4.36. The molecule has 24 heavy (non-hydrogen) atoms. The van der Waals surface area contributed by atoms with E-state index in [1.54, 1.807) is 6.07 Å². The molecule has 0 spiro atoms. The normalized spacial score (nSPS) is 18.5. The fourth-order valence-corrected chi connectivity index (χ4v) is 3.10. The summed E-state index contributed by atoms with van der Waals surface area (Å²) in [6.45, 7) is 0. The van der Waals surface area contributed by atoms with Crippen molar-refractivity contribution in [1.82, 2.24) is 0 Å². The largest absolute Gasteiger partial charge is 0.455 e. The molecule has 0 fully saturated rings. The molecule has 120 valence electrons. The molecule has 0 aromatic heterocycles. The number of fused-ring (bicyclic) bond motifs is 2. The van der Waals surface area contributed by atoms with Crippen LogP contribution in [0.15, 0.2) is 54.1 Å². The Bertz CT molecular complexity index is 860. The van der Waals surface area contributed by atoms with Crippen molar-refractivity contribution in [1.29, 1.82) is 0 Å². The van der Waals surface area contributed by atoms with Crippen LogP contribution in [0.5, 0.6) is 11.5 Å². The van der Waals surface area contributed by atoms with Crippen molar-refractivity contribution in [2.45, 2.75) is 31.7 Å². The van der Waals surface area contributed by atoms with E-state index in [1.165, 1.54) is 30.5 Å². The quantitative estimate of drug-likeness (QED) is 0.639. The Labute approximate surface area is 141 Å². The Kier molecular flexibility index (Phi) is 3.96. The van der Waals surface area contributed by atoms with Crippen LogP contribution in [0.25, 0.3) is 0 Å². The number of para-hydroxylation sites is 1. The van der Waals surface area contributed by atoms with Crippen LogP contribution in [-0.4, -0.2) is 0 Å². The van der Waals surface area contributed by atoms with Gasteiger partial charge in [-0.25, -0.2) is 4.39 Å². The summed E-state index contributed by atoms with van der Waals surface area (Å²) in [6.07, 6.45) is 6.82. The molecule has 2 aromatic carbocycles. The van der Waals surface area contributed by atoms with Crippen molar-refractivity contribution in [2.24, 2.45) is 0 Å². The Hall–Kier alpha value is -2.73. The first kappa shape index (κ1) is 14.8. The van der Waals surface area contributed by atoms with Crippen LogP contribution in [0.1, 0.15) is 37.3 Å². The first-order valence-electron chi connectivity index (χ1n) is 8.33. The summed E-state index contributed by atoms with van der Waals surface area (Å²) in [5, 5.41) is 3.33. The van der Waals surface area contributed by atoms with Crippen molar-refractivity contribution >= 4 is 5.69 Å². The zero-order chi connectivity index (χ0) is 16.4. The average molecular weight is 319 g/mol. The number of hydrogen-bond donors (Lipinski definition) is 1. The first-order chi connectivity index (χ1) is 11.8. The van der Waals surface area contributed by atoms with Gasteiger partial charge in [-0.1, -0.05) is 36.1 Å². The van der Waals surface area contributed by atoms with Gasteiger partial charge in [0.05, 0.1) is 5.69 Å². The highest BCUT2D eigenvalue weighted by molar-refractivity contribution is 5.64. The Morgan fingerprint density at radius 1 is 1.08 bits per heavy atom. The van der Waals surface area contributed by atoms with Gasteiger partial charge in [0, 0.05) is 11.6 Å². The predicted octanol–water partition coefficient (Wildman–Crippen LogP) is 5.59. The molecule has 3 heteroatoms. The Balaban J connectivity index is 1.74. The van der Waals surface area contributed by atoms with Crippen molar-refractivity contribution in [3.63, 3.8) is 0 Å². The first-order valence-corrected chi connectivity index (χ1v) is 8.33. The molecule has 0 radical (unpaired) electrons. The summed E-state index contributed by atoms with van der Waals surface area (Å²) in [6, 6.07) is 12.1. The van der Waals surface area contributed by atoms with E-state index in [1.807, 2.05) is 24.3 Å². The van der Waals surface area contributed by atoms with E-state index in [0.29, 0.717) is 11.4 Å². The average Bonchev–Trinajstić information content (AvgIpc) is 2.77. The maximum Gasteiger partial charge on any atom is 0.150 e. The standard InChI is InChI=1S/C21H18FNO/c22-16-11-13-21-19(14-16)23-18(12-10-15-6-2-1-3-7-15)17-8-4-5-9-20(17)24-21/h4-6,8-9,11,13-14,18,23H,1-3,7H2/t18-/m1/s1. The summed E-state index contributed by atoms with van der Waals surface area (Å²) in [5.74, 6) is 7.70. The van der Waals surface area contributed by atoms with Crippen molar-refractivity contribution < 1.29 is 9.13 Å². The lowest BCUT2D eigenvalue weighted by Crippen LogP contribution is -2.07. The van der Waals surface area contributed by atoms with Crippen LogP contribution in [-0.2, 0) is 0 Å². The summed E-state index contributed by atoms with van der Waals surface area (Å²) in [4.78, 5) is 0. The number of rotatable bonds is 0. The van der Waals surface area contributed by atoms with Crippen LogP contribution in [0.4, 0.5) is 10.1 Å². The van der Waals surface area contributed by atoms with Gasteiger partial charge >= 0.3 is 0 Å². The van der Waals surface area contributed by atoms with Crippen LogP contribution in [0.2, 0.25) is 0 Å². The molecule has 0 unspecified atom stereocenters. The molecular formula is C21H18FNO. The van der Waals surface area contributed by atoms with E-state index >= 15 is 0 Å². The maximum atomic E-state index is 13.6. The maximum absolute atomic E-state index is 13.6. The molecule has 1 N–H and O–H groups in total. The number of nitrogens with one attached hydrogen (secondary N) is 1. The number of hydrogen-bond acceptors (Lipinski definition) is 2. The van der Waals surface area contributed by atoms with Gasteiger partial charge in [-0.15, -0.1) is 0 Å². The lowest BCUT2D eigenvalue weighted by molar-refractivity contribution is 0.481. The van der Waals surface area contributed by atoms with Crippen LogP contribution in [0, 0.1) is 17.7 Å². The van der Waals surface area contributed by atoms with Crippen LogP contribution in [0.3, 0.4) is 0 Å². The Morgan fingerprint density at radius 2 is 2.00 bits per heavy atom. The van der Waals surface area contributed by atoms with E-state index in [-0.39, 0.29) is 11.9 Å². The number of anilines is 1. The number of benzene rings is 2. The highest BCUT2D eigenvalue weighted by Gasteiger charge is 2.21. The SMILES string of the molecule is Fc1ccc2c(c1)N[C@H](C#CC1=CCCCC1)c1ccccc1O2. The second kappa shape index (κ2) is 6.41. The van der Waals surface area contributed by atoms with Crippen molar-refractivity contribution in [3.8, 4) is 23.3 Å². The second-order valence-corrected chi connectivity index (χ2v) is 6.10. The fourth-order valence-electron chi connectivity index (χ4n) is 3.10. The smallest absolute Gasteiger partial charge is 0.150 e. The molecule has 2 aliphatic rings. The van der Waals surface area contributed by atoms with Gasteiger partial charge in [-0.2, -0.15) is 0 Å². The van der Waals surface area contributed by atoms with Crippen LogP contribution >= 0.6 is 0 Å². The third kappa shape index (κ3) is 3.00. The monoisotopic (exact) mass is 319 g/mol. The molecule has 0 saturated carbocycles. The zero-order valence-corrected chi connectivity index (χ0v) is 13.3. The predicted molar refractivity (Wildman–Crippen MR) is 93.6 cm³/mol. The van der Waals surface area contributed by atoms with Gasteiger partial charge < -0.3 is 10.1 Å². The van der Waals surface area contributed by atoms with Crippen molar-refractivity contribution in [2.75, 3.05) is 5.32 Å². The summed E-state index contributed by atoms with van der Waals surface area (Å²) in [7, 11) is 0. The zero-order valence-electron chi connectivity index (χ0n) is 13.3. The van der Waals surface area contributed by atoms with E-state index in [9.17, 15) is 4.39 Å². The molecule has 4 rings (SSSR count). The molecule has 1 aliphatic carbocycles. The molecule has 0 saturated heterocycles. The third-order valence-corrected chi connectivity index (χ3v) is 4.36. The van der Waals surface area contributed by atoms with Gasteiger partial charge in [0.1, 0.15) is 17.6 Å². The topological polar surface area (TPSA) is 21.3 Å². The van der Waals surface area contributed by atoms with Gasteiger partial charge in [-0.3, -0.25) is 0 Å². The lowest BCUT2D eigenvalue weighted by atomic mass is 9.99. The van der Waals surface area contributed by atoms with E-state index in [4.69, 9.17) is 4.74 Å². The highest BCUT2D eigenvalue weighted by Crippen LogP contribution is 2.40. The molecule has 2 aromatic rings. The van der Waals surface area contributed by atoms with E-state index in [0.717, 1.165) is 24.2 Å². The summed E-state index contributed by atoms with van der Waals surface area (Å²) in [5.41, 5.74) is 2.80. The number of ether oxygens (including phenoxy) is 1. The van der Waals surface area contributed by atoms with Gasteiger partial charge in [0.15, 0.2) is 5.75 Å². The molecule has 2 nitrogen and oxygen atoms in total. The lowest BCUT2D eigenvalue weighted by Gasteiger charge is -2.13. The van der Waals surface area contributed by atoms with E-state index < -0.39 is 0 Å². The molecule has 1 atom stereocenters. The minimum atomic E-state index is -0.294. The van der Waals surface area contributed by atoms with Gasteiger partial charge in [-0.05, 0) is 49.5 Å².